The van der Waals surface area contributed by atoms with Gasteiger partial charge in [-0.05, 0) is 19.8 Å². The fraction of sp³-hybridized carbons (Fsp3) is 0.857. The lowest BCUT2D eigenvalue weighted by Gasteiger charge is -2.18. The monoisotopic (exact) mass is 206 g/mol. The maximum Gasteiger partial charge on any atom is 0.242 e. The molecule has 1 amide bonds. The van der Waals surface area contributed by atoms with Crippen molar-refractivity contribution >= 4 is 15.9 Å². The van der Waals surface area contributed by atoms with Crippen LogP contribution in [0.3, 0.4) is 0 Å². The molecule has 1 saturated heterocycles. The zero-order valence-electron chi connectivity index (χ0n) is 7.56. The normalized spacial score (nSPS) is 20.3. The Kier molecular flexibility index (Phi) is 2.92. The minimum atomic E-state index is -3.73. The fourth-order valence-electron chi connectivity index (χ4n) is 1.34. The number of carbonyl (C=O) groups excluding carboxylic acids is 1. The molecule has 1 fully saturated rings. The van der Waals surface area contributed by atoms with Gasteiger partial charge >= 0.3 is 0 Å². The molecule has 0 spiro atoms. The van der Waals surface area contributed by atoms with Crippen LogP contribution in [0.2, 0.25) is 0 Å². The van der Waals surface area contributed by atoms with Crippen LogP contribution < -0.4 is 5.14 Å². The molecule has 0 saturated carbocycles. The smallest absolute Gasteiger partial charge is 0.242 e. The molecular formula is C7H14N2O3S. The Morgan fingerprint density at radius 2 is 1.85 bits per heavy atom. The highest BCUT2D eigenvalue weighted by Crippen LogP contribution is 2.11. The number of hydrogen-bond acceptors (Lipinski definition) is 3. The largest absolute Gasteiger partial charge is 0.342 e. The fourth-order valence-corrected chi connectivity index (χ4v) is 1.77. The van der Waals surface area contributed by atoms with Crippen LogP contribution in [0, 0.1) is 0 Å². The van der Waals surface area contributed by atoms with Gasteiger partial charge in [-0.25, -0.2) is 13.6 Å². The third-order valence-corrected chi connectivity index (χ3v) is 3.45. The van der Waals surface area contributed by atoms with Gasteiger partial charge < -0.3 is 4.90 Å². The standard InChI is InChI=1S/C7H14N2O3S/c1-6(13(8,11)12)7(10)9-4-2-3-5-9/h6H,2-5H2,1H3,(H2,8,11,12)/t6-/m0/s1. The van der Waals surface area contributed by atoms with Gasteiger partial charge in [0.2, 0.25) is 15.9 Å². The Morgan fingerprint density at radius 3 is 2.23 bits per heavy atom. The predicted molar refractivity (Wildman–Crippen MR) is 48.4 cm³/mol. The summed E-state index contributed by atoms with van der Waals surface area (Å²) in [5.74, 6) is -0.375. The Hall–Kier alpha value is -0.620. The first-order chi connectivity index (χ1) is 5.93. The van der Waals surface area contributed by atoms with E-state index in [1.54, 1.807) is 4.90 Å². The molecule has 1 heterocycles. The first-order valence-corrected chi connectivity index (χ1v) is 5.84. The van der Waals surface area contributed by atoms with Crippen LogP contribution in [0.25, 0.3) is 0 Å². The van der Waals surface area contributed by atoms with Gasteiger partial charge in [-0.2, -0.15) is 0 Å². The number of nitrogens with zero attached hydrogens (tertiary/aromatic N) is 1. The number of hydrogen-bond donors (Lipinski definition) is 1. The Labute approximate surface area is 77.9 Å². The van der Waals surface area contributed by atoms with E-state index in [0.717, 1.165) is 12.8 Å². The van der Waals surface area contributed by atoms with Gasteiger partial charge in [-0.1, -0.05) is 0 Å². The lowest BCUT2D eigenvalue weighted by atomic mass is 10.4. The minimum Gasteiger partial charge on any atom is -0.342 e. The van der Waals surface area contributed by atoms with Gasteiger partial charge in [0.25, 0.3) is 0 Å². The Balaban J connectivity index is 2.67. The molecule has 0 aromatic rings. The van der Waals surface area contributed by atoms with Gasteiger partial charge in [0.1, 0.15) is 0 Å². The van der Waals surface area contributed by atoms with Crippen molar-refractivity contribution in [1.82, 2.24) is 4.90 Å². The van der Waals surface area contributed by atoms with Crippen LogP contribution in [0.1, 0.15) is 19.8 Å². The van der Waals surface area contributed by atoms with E-state index in [2.05, 4.69) is 0 Å². The van der Waals surface area contributed by atoms with E-state index < -0.39 is 15.3 Å². The average molecular weight is 206 g/mol. The van der Waals surface area contributed by atoms with Crippen molar-refractivity contribution in [3.05, 3.63) is 0 Å². The first kappa shape index (κ1) is 10.5. The van der Waals surface area contributed by atoms with E-state index >= 15 is 0 Å². The third-order valence-electron chi connectivity index (χ3n) is 2.26. The molecule has 76 valence electrons. The Bertz CT molecular complexity index is 293. The molecule has 2 N–H and O–H groups in total. The molecule has 1 aliphatic heterocycles. The van der Waals surface area contributed by atoms with Gasteiger partial charge in [-0.3, -0.25) is 4.79 Å². The van der Waals surface area contributed by atoms with Crippen LogP contribution in [0.4, 0.5) is 0 Å². The third kappa shape index (κ3) is 2.41. The molecule has 5 nitrogen and oxygen atoms in total. The second-order valence-corrected chi connectivity index (χ2v) is 5.15. The number of amides is 1. The lowest BCUT2D eigenvalue weighted by molar-refractivity contribution is -0.129. The summed E-state index contributed by atoms with van der Waals surface area (Å²) in [6.07, 6.45) is 1.89. The minimum absolute atomic E-state index is 0.375. The van der Waals surface area contributed by atoms with E-state index in [0.29, 0.717) is 13.1 Å². The van der Waals surface area contributed by atoms with Gasteiger partial charge in [0.05, 0.1) is 0 Å². The van der Waals surface area contributed by atoms with E-state index in [4.69, 9.17) is 5.14 Å². The van der Waals surface area contributed by atoms with Gasteiger partial charge in [-0.15, -0.1) is 0 Å². The highest BCUT2D eigenvalue weighted by molar-refractivity contribution is 7.90. The van der Waals surface area contributed by atoms with Gasteiger partial charge in [0.15, 0.2) is 5.25 Å². The maximum absolute atomic E-state index is 11.5. The maximum atomic E-state index is 11.5. The predicted octanol–water partition coefficient (Wildman–Crippen LogP) is -0.714. The second kappa shape index (κ2) is 3.63. The summed E-state index contributed by atoms with van der Waals surface area (Å²) < 4.78 is 21.7. The first-order valence-electron chi connectivity index (χ1n) is 4.23. The van der Waals surface area contributed by atoms with Crippen molar-refractivity contribution in [2.45, 2.75) is 25.0 Å². The quantitative estimate of drug-likeness (QED) is 0.647. The van der Waals surface area contributed by atoms with Crippen LogP contribution in [-0.4, -0.2) is 37.6 Å². The molecule has 0 aliphatic carbocycles. The molecule has 0 aromatic heterocycles. The molecule has 0 unspecified atom stereocenters. The van der Waals surface area contributed by atoms with Crippen LogP contribution in [-0.2, 0) is 14.8 Å². The lowest BCUT2D eigenvalue weighted by Crippen LogP contribution is -2.42. The van der Waals surface area contributed by atoms with Crippen molar-refractivity contribution < 1.29 is 13.2 Å². The topological polar surface area (TPSA) is 80.5 Å². The average Bonchev–Trinajstić information content (AvgIpc) is 2.51. The van der Waals surface area contributed by atoms with Gasteiger partial charge in [0, 0.05) is 13.1 Å². The van der Waals surface area contributed by atoms with Crippen LogP contribution in [0.5, 0.6) is 0 Å². The van der Waals surface area contributed by atoms with E-state index in [-0.39, 0.29) is 5.91 Å². The number of primary sulfonamides is 1. The zero-order chi connectivity index (χ0) is 10.1. The second-order valence-electron chi connectivity index (χ2n) is 3.26. The molecule has 13 heavy (non-hydrogen) atoms. The molecule has 1 atom stereocenters. The zero-order valence-corrected chi connectivity index (χ0v) is 8.38. The van der Waals surface area contributed by atoms with E-state index in [1.165, 1.54) is 6.92 Å². The van der Waals surface area contributed by atoms with Crippen LogP contribution >= 0.6 is 0 Å². The summed E-state index contributed by atoms with van der Waals surface area (Å²) in [4.78, 5) is 13.0. The molecule has 1 aliphatic rings. The van der Waals surface area contributed by atoms with Crippen molar-refractivity contribution in [2.24, 2.45) is 5.14 Å². The number of carbonyl (C=O) groups is 1. The van der Waals surface area contributed by atoms with Crippen molar-refractivity contribution in [3.8, 4) is 0 Å². The summed E-state index contributed by atoms with van der Waals surface area (Å²) in [5, 5.41) is 3.77. The number of nitrogens with two attached hydrogens (primary N) is 1. The number of likely N-dealkylation sites (tertiary alicyclic amines) is 1. The van der Waals surface area contributed by atoms with E-state index in [9.17, 15) is 13.2 Å². The highest BCUT2D eigenvalue weighted by Gasteiger charge is 2.30. The molecule has 0 aromatic carbocycles. The summed E-state index contributed by atoms with van der Waals surface area (Å²) in [7, 11) is -3.73. The summed E-state index contributed by atoms with van der Waals surface area (Å²) in [5.41, 5.74) is 0. The summed E-state index contributed by atoms with van der Waals surface area (Å²) in [6, 6.07) is 0. The molecule has 6 heteroatoms. The number of rotatable bonds is 2. The molecule has 0 bridgehead atoms. The van der Waals surface area contributed by atoms with Crippen molar-refractivity contribution in [2.75, 3.05) is 13.1 Å². The van der Waals surface area contributed by atoms with Crippen LogP contribution in [0.15, 0.2) is 0 Å². The Morgan fingerprint density at radius 1 is 1.38 bits per heavy atom. The summed E-state index contributed by atoms with van der Waals surface area (Å²) >= 11 is 0. The van der Waals surface area contributed by atoms with E-state index in [1.807, 2.05) is 0 Å². The SMILES string of the molecule is C[C@@H](C(=O)N1CCCC1)S(N)(=O)=O. The highest BCUT2D eigenvalue weighted by atomic mass is 32.2. The number of sulfonamides is 1. The molecule has 1 rings (SSSR count). The van der Waals surface area contributed by atoms with Crippen molar-refractivity contribution in [1.29, 1.82) is 0 Å². The molecular weight excluding hydrogens is 192 g/mol. The van der Waals surface area contributed by atoms with Crippen molar-refractivity contribution in [3.63, 3.8) is 0 Å². The summed E-state index contributed by atoms with van der Waals surface area (Å²) in [6.45, 7) is 2.63. The molecule has 0 radical (unpaired) electrons.